The SMILES string of the molecule is CCCC1=C(C(=O)OCC)[C@@H](c2cccc(OC)c2)n2c(s/c(=C\c3cc(I)c(OCc4cccc(C(=O)O)c4)c(OC)c3)c2=O)=N1. The number of carbonyl (C=O) groups excluding carboxylic acids is 1. The van der Waals surface area contributed by atoms with Crippen molar-refractivity contribution in [2.24, 2.45) is 4.99 Å². The van der Waals surface area contributed by atoms with Gasteiger partial charge >= 0.3 is 11.9 Å². The van der Waals surface area contributed by atoms with Gasteiger partial charge in [-0.25, -0.2) is 14.6 Å². The van der Waals surface area contributed by atoms with Crippen molar-refractivity contribution in [3.8, 4) is 17.2 Å². The first-order chi connectivity index (χ1) is 22.7. The van der Waals surface area contributed by atoms with Gasteiger partial charge in [-0.1, -0.05) is 48.9 Å². The summed E-state index contributed by atoms with van der Waals surface area (Å²) >= 11 is 3.39. The van der Waals surface area contributed by atoms with Crippen LogP contribution in [0, 0.1) is 3.57 Å². The summed E-state index contributed by atoms with van der Waals surface area (Å²) in [6.07, 6.45) is 3.06. The summed E-state index contributed by atoms with van der Waals surface area (Å²) in [5, 5.41) is 9.31. The first kappa shape index (κ1) is 33.9. The molecule has 10 nitrogen and oxygen atoms in total. The molecule has 12 heteroatoms. The van der Waals surface area contributed by atoms with E-state index in [1.54, 1.807) is 48.9 Å². The number of allylic oxidation sites excluding steroid dienone is 1. The Morgan fingerprint density at radius 3 is 2.55 bits per heavy atom. The lowest BCUT2D eigenvalue weighted by molar-refractivity contribution is -0.139. The monoisotopic (exact) mass is 768 g/mol. The van der Waals surface area contributed by atoms with Crippen LogP contribution in [0.15, 0.2) is 81.7 Å². The number of thiazole rings is 1. The molecule has 0 radical (unpaired) electrons. The largest absolute Gasteiger partial charge is 0.497 e. The number of carboxylic acid groups (broad SMARTS) is 1. The molecule has 4 aromatic rings. The average molecular weight is 769 g/mol. The summed E-state index contributed by atoms with van der Waals surface area (Å²) < 4.78 is 25.4. The van der Waals surface area contributed by atoms with E-state index in [1.165, 1.54) is 24.5 Å². The molecule has 0 aliphatic carbocycles. The van der Waals surface area contributed by atoms with Crippen LogP contribution in [0.4, 0.5) is 0 Å². The van der Waals surface area contributed by atoms with E-state index in [-0.39, 0.29) is 24.3 Å². The fourth-order valence-electron chi connectivity index (χ4n) is 5.31. The normalized spacial score (nSPS) is 14.3. The fraction of sp³-hybridized carbons (Fsp3) is 0.257. The Kier molecular flexibility index (Phi) is 10.8. The minimum Gasteiger partial charge on any atom is -0.497 e. The molecule has 0 bridgehead atoms. The summed E-state index contributed by atoms with van der Waals surface area (Å²) in [6, 6.07) is 16.8. The average Bonchev–Trinajstić information content (AvgIpc) is 3.37. The number of hydrogen-bond acceptors (Lipinski definition) is 9. The third-order valence-electron chi connectivity index (χ3n) is 7.41. The molecule has 47 heavy (non-hydrogen) atoms. The predicted octanol–water partition coefficient (Wildman–Crippen LogP) is 5.48. The highest BCUT2D eigenvalue weighted by molar-refractivity contribution is 14.1. The third kappa shape index (κ3) is 7.28. The van der Waals surface area contributed by atoms with E-state index < -0.39 is 18.0 Å². The Balaban J connectivity index is 1.59. The first-order valence-corrected chi connectivity index (χ1v) is 16.8. The van der Waals surface area contributed by atoms with E-state index in [1.807, 2.05) is 37.3 Å². The Morgan fingerprint density at radius 2 is 1.85 bits per heavy atom. The van der Waals surface area contributed by atoms with Gasteiger partial charge in [-0.2, -0.15) is 0 Å². The predicted molar refractivity (Wildman–Crippen MR) is 186 cm³/mol. The minimum atomic E-state index is -1.01. The first-order valence-electron chi connectivity index (χ1n) is 14.9. The van der Waals surface area contributed by atoms with Crippen molar-refractivity contribution in [1.29, 1.82) is 0 Å². The molecule has 1 aromatic heterocycles. The van der Waals surface area contributed by atoms with Gasteiger partial charge in [0.05, 0.1) is 51.8 Å². The second-order valence-electron chi connectivity index (χ2n) is 10.5. The molecule has 244 valence electrons. The van der Waals surface area contributed by atoms with Crippen LogP contribution in [-0.4, -0.2) is 42.4 Å². The molecule has 2 heterocycles. The van der Waals surface area contributed by atoms with Crippen LogP contribution in [0.3, 0.4) is 0 Å². The lowest BCUT2D eigenvalue weighted by Crippen LogP contribution is -2.40. The Bertz CT molecular complexity index is 2050. The van der Waals surface area contributed by atoms with Gasteiger partial charge in [-0.05, 0) is 95.1 Å². The highest BCUT2D eigenvalue weighted by Gasteiger charge is 2.34. The molecule has 0 spiro atoms. The van der Waals surface area contributed by atoms with Crippen molar-refractivity contribution in [3.63, 3.8) is 0 Å². The molecule has 1 aliphatic heterocycles. The molecule has 0 saturated carbocycles. The van der Waals surface area contributed by atoms with Crippen LogP contribution in [0.2, 0.25) is 0 Å². The van der Waals surface area contributed by atoms with Crippen molar-refractivity contribution in [3.05, 3.63) is 117 Å². The highest BCUT2D eigenvalue weighted by atomic mass is 127. The zero-order valence-electron chi connectivity index (χ0n) is 26.2. The number of fused-ring (bicyclic) bond motifs is 1. The number of benzene rings is 3. The van der Waals surface area contributed by atoms with Crippen molar-refractivity contribution in [1.82, 2.24) is 4.57 Å². The molecule has 0 unspecified atom stereocenters. The van der Waals surface area contributed by atoms with E-state index in [4.69, 9.17) is 23.9 Å². The van der Waals surface area contributed by atoms with Gasteiger partial charge in [0, 0.05) is 0 Å². The van der Waals surface area contributed by atoms with Crippen LogP contribution >= 0.6 is 33.9 Å². The van der Waals surface area contributed by atoms with Gasteiger partial charge < -0.3 is 24.1 Å². The molecule has 0 fully saturated rings. The molecular formula is C35H33IN2O8S. The van der Waals surface area contributed by atoms with Crippen molar-refractivity contribution < 1.29 is 33.6 Å². The highest BCUT2D eigenvalue weighted by Crippen LogP contribution is 2.36. The van der Waals surface area contributed by atoms with Gasteiger partial charge in [0.15, 0.2) is 16.3 Å². The molecular weight excluding hydrogens is 735 g/mol. The summed E-state index contributed by atoms with van der Waals surface area (Å²) in [7, 11) is 3.10. The number of halogens is 1. The van der Waals surface area contributed by atoms with Gasteiger partial charge in [0.25, 0.3) is 5.56 Å². The number of aromatic carboxylic acids is 1. The summed E-state index contributed by atoms with van der Waals surface area (Å²) in [5.74, 6) is 0.0251. The summed E-state index contributed by atoms with van der Waals surface area (Å²) in [6.45, 7) is 4.08. The van der Waals surface area contributed by atoms with Gasteiger partial charge in [0.1, 0.15) is 12.4 Å². The maximum atomic E-state index is 14.2. The zero-order chi connectivity index (χ0) is 33.7. The number of ether oxygens (including phenoxy) is 4. The van der Waals surface area contributed by atoms with E-state index >= 15 is 0 Å². The van der Waals surface area contributed by atoms with Gasteiger partial charge in [-0.15, -0.1) is 0 Å². The maximum absolute atomic E-state index is 14.2. The van der Waals surface area contributed by atoms with Crippen LogP contribution in [0.5, 0.6) is 17.2 Å². The number of nitrogens with zero attached hydrogens (tertiary/aromatic N) is 2. The number of esters is 1. The number of carbonyl (C=O) groups is 2. The standard InChI is InChI=1S/C35H33IN2O8S/c1-5-9-26-29(34(42)45-6-2)30(22-11-8-13-24(18-22)43-3)38-32(39)28(47-35(38)37-26)17-21-15-25(36)31(27(16-21)44-4)46-19-20-10-7-12-23(14-20)33(40)41/h7-8,10-18,30H,5-6,9,19H2,1-4H3,(H,40,41)/b28-17-/t30-/m1/s1. The number of aromatic nitrogens is 1. The maximum Gasteiger partial charge on any atom is 0.338 e. The van der Waals surface area contributed by atoms with Crippen molar-refractivity contribution in [2.45, 2.75) is 39.3 Å². The minimum absolute atomic E-state index is 0.137. The van der Waals surface area contributed by atoms with Crippen LogP contribution < -0.4 is 29.1 Å². The molecule has 1 aliphatic rings. The number of hydrogen-bond donors (Lipinski definition) is 1. The van der Waals surface area contributed by atoms with Crippen LogP contribution in [0.25, 0.3) is 6.08 Å². The van der Waals surface area contributed by atoms with Crippen molar-refractivity contribution in [2.75, 3.05) is 20.8 Å². The topological polar surface area (TPSA) is 126 Å². The van der Waals surface area contributed by atoms with E-state index in [2.05, 4.69) is 22.6 Å². The summed E-state index contributed by atoms with van der Waals surface area (Å²) in [5.41, 5.74) is 2.91. The van der Waals surface area contributed by atoms with Gasteiger partial charge in [-0.3, -0.25) is 9.36 Å². The van der Waals surface area contributed by atoms with E-state index in [9.17, 15) is 19.5 Å². The van der Waals surface area contributed by atoms with Crippen LogP contribution in [0.1, 0.15) is 59.8 Å². The Morgan fingerprint density at radius 1 is 1.06 bits per heavy atom. The van der Waals surface area contributed by atoms with Gasteiger partial charge in [0.2, 0.25) is 0 Å². The third-order valence-corrected chi connectivity index (χ3v) is 9.19. The quantitative estimate of drug-likeness (QED) is 0.149. The van der Waals surface area contributed by atoms with E-state index in [0.29, 0.717) is 61.0 Å². The molecule has 1 atom stereocenters. The summed E-state index contributed by atoms with van der Waals surface area (Å²) in [4.78, 5) is 44.3. The molecule has 3 aromatic carbocycles. The van der Waals surface area contributed by atoms with E-state index in [0.717, 1.165) is 9.99 Å². The Hall–Kier alpha value is -4.43. The van der Waals surface area contributed by atoms with Crippen molar-refractivity contribution >= 4 is 51.9 Å². The lowest BCUT2D eigenvalue weighted by atomic mass is 9.94. The molecule has 1 N–H and O–H groups in total. The fourth-order valence-corrected chi connectivity index (χ4v) is 7.11. The Labute approximate surface area is 288 Å². The molecule has 0 amide bonds. The zero-order valence-corrected chi connectivity index (χ0v) is 29.2. The molecule has 0 saturated heterocycles. The second-order valence-corrected chi connectivity index (χ2v) is 12.7. The molecule has 5 rings (SSSR count). The number of rotatable bonds is 12. The smallest absolute Gasteiger partial charge is 0.338 e. The number of carboxylic acids is 1. The van der Waals surface area contributed by atoms with Crippen LogP contribution in [-0.2, 0) is 16.1 Å². The number of methoxy groups -OCH3 is 2. The second kappa shape index (κ2) is 15.0. The lowest BCUT2D eigenvalue weighted by Gasteiger charge is -2.26.